The summed E-state index contributed by atoms with van der Waals surface area (Å²) >= 11 is 0. The van der Waals surface area contributed by atoms with Crippen molar-refractivity contribution in [2.75, 3.05) is 19.8 Å². The monoisotopic (exact) mass is 336 g/mol. The fourth-order valence-electron chi connectivity index (χ4n) is 2.81. The van der Waals surface area contributed by atoms with E-state index in [0.29, 0.717) is 19.1 Å². The number of pyridine rings is 1. The maximum atomic E-state index is 5.81. The van der Waals surface area contributed by atoms with E-state index in [1.807, 2.05) is 25.1 Å². The van der Waals surface area contributed by atoms with Crippen molar-refractivity contribution in [3.63, 3.8) is 0 Å². The lowest BCUT2D eigenvalue weighted by Crippen LogP contribution is -2.18. The van der Waals surface area contributed by atoms with Crippen LogP contribution >= 0.6 is 0 Å². The third kappa shape index (κ3) is 4.70. The molecule has 2 aromatic carbocycles. The molecule has 25 heavy (non-hydrogen) atoms. The molecule has 0 spiro atoms. The molecule has 1 heterocycles. The van der Waals surface area contributed by atoms with E-state index in [9.17, 15) is 0 Å². The zero-order chi connectivity index (χ0) is 17.3. The second-order valence-electron chi connectivity index (χ2n) is 5.74. The SMILES string of the molecule is CCOc1ccc2ccccc2c1CNCCCOc1ccccn1. The minimum Gasteiger partial charge on any atom is -0.494 e. The molecule has 0 aliphatic carbocycles. The molecule has 0 unspecified atom stereocenters. The minimum absolute atomic E-state index is 0.651. The molecule has 130 valence electrons. The van der Waals surface area contributed by atoms with Gasteiger partial charge in [-0.3, -0.25) is 0 Å². The second kappa shape index (κ2) is 9.04. The molecule has 0 aliphatic heterocycles. The van der Waals surface area contributed by atoms with Crippen LogP contribution in [0.3, 0.4) is 0 Å². The van der Waals surface area contributed by atoms with Gasteiger partial charge in [0.05, 0.1) is 13.2 Å². The highest BCUT2D eigenvalue weighted by atomic mass is 16.5. The quantitative estimate of drug-likeness (QED) is 0.595. The molecule has 1 aromatic heterocycles. The summed E-state index contributed by atoms with van der Waals surface area (Å²) in [5.41, 5.74) is 1.21. The van der Waals surface area contributed by atoms with Gasteiger partial charge in [0.2, 0.25) is 5.88 Å². The average Bonchev–Trinajstić information content (AvgIpc) is 2.66. The Morgan fingerprint density at radius 2 is 1.84 bits per heavy atom. The van der Waals surface area contributed by atoms with Gasteiger partial charge in [-0.25, -0.2) is 4.98 Å². The average molecular weight is 336 g/mol. The van der Waals surface area contributed by atoms with Crippen molar-refractivity contribution in [2.24, 2.45) is 0 Å². The van der Waals surface area contributed by atoms with Gasteiger partial charge in [-0.2, -0.15) is 0 Å². The Hall–Kier alpha value is -2.59. The number of benzene rings is 2. The lowest BCUT2D eigenvalue weighted by Gasteiger charge is -2.14. The van der Waals surface area contributed by atoms with E-state index in [1.54, 1.807) is 6.20 Å². The molecule has 3 aromatic rings. The van der Waals surface area contributed by atoms with Crippen LogP contribution in [0.5, 0.6) is 11.6 Å². The molecule has 0 aliphatic rings. The molecule has 0 bridgehead atoms. The number of nitrogens with zero attached hydrogens (tertiary/aromatic N) is 1. The van der Waals surface area contributed by atoms with Crippen molar-refractivity contribution in [1.29, 1.82) is 0 Å². The third-order valence-corrected chi connectivity index (χ3v) is 3.98. The van der Waals surface area contributed by atoms with E-state index in [1.165, 1.54) is 16.3 Å². The standard InChI is InChI=1S/C21H24N2O2/c1-2-24-20-12-11-17-8-3-4-9-18(17)19(20)16-22-13-7-15-25-21-10-5-6-14-23-21/h3-6,8-12,14,22H,2,7,13,15-16H2,1H3. The molecule has 3 rings (SSSR count). The smallest absolute Gasteiger partial charge is 0.213 e. The van der Waals surface area contributed by atoms with Gasteiger partial charge in [0.15, 0.2) is 0 Å². The number of nitrogens with one attached hydrogen (secondary N) is 1. The summed E-state index contributed by atoms with van der Waals surface area (Å²) in [4.78, 5) is 4.15. The first-order valence-corrected chi connectivity index (χ1v) is 8.76. The van der Waals surface area contributed by atoms with Gasteiger partial charge in [-0.15, -0.1) is 0 Å². The molecule has 0 saturated carbocycles. The molecule has 1 N–H and O–H groups in total. The number of hydrogen-bond acceptors (Lipinski definition) is 4. The number of hydrogen-bond donors (Lipinski definition) is 1. The van der Waals surface area contributed by atoms with Gasteiger partial charge in [0.1, 0.15) is 5.75 Å². The molecule has 0 saturated heterocycles. The molecular formula is C21H24N2O2. The van der Waals surface area contributed by atoms with E-state index in [4.69, 9.17) is 9.47 Å². The Bertz CT molecular complexity index is 790. The summed E-state index contributed by atoms with van der Waals surface area (Å²) in [6.45, 7) is 4.99. The third-order valence-electron chi connectivity index (χ3n) is 3.98. The number of fused-ring (bicyclic) bond motifs is 1. The highest BCUT2D eigenvalue weighted by Gasteiger charge is 2.08. The lowest BCUT2D eigenvalue weighted by atomic mass is 10.0. The van der Waals surface area contributed by atoms with Gasteiger partial charge < -0.3 is 14.8 Å². The van der Waals surface area contributed by atoms with E-state index in [2.05, 4.69) is 46.7 Å². The van der Waals surface area contributed by atoms with Gasteiger partial charge in [0, 0.05) is 24.4 Å². The van der Waals surface area contributed by atoms with Gasteiger partial charge in [0.25, 0.3) is 0 Å². The maximum absolute atomic E-state index is 5.81. The van der Waals surface area contributed by atoms with Crippen LogP contribution in [-0.2, 0) is 6.54 Å². The van der Waals surface area contributed by atoms with Gasteiger partial charge in [-0.1, -0.05) is 36.4 Å². The summed E-state index contributed by atoms with van der Waals surface area (Å²) in [6, 6.07) is 18.3. The lowest BCUT2D eigenvalue weighted by molar-refractivity contribution is 0.296. The Kier molecular flexibility index (Phi) is 6.23. The van der Waals surface area contributed by atoms with E-state index >= 15 is 0 Å². The molecule has 0 fully saturated rings. The molecule has 0 amide bonds. The van der Waals surface area contributed by atoms with Crippen LogP contribution in [0, 0.1) is 0 Å². The fourth-order valence-corrected chi connectivity index (χ4v) is 2.81. The van der Waals surface area contributed by atoms with Crippen LogP contribution < -0.4 is 14.8 Å². The van der Waals surface area contributed by atoms with Crippen LogP contribution in [0.2, 0.25) is 0 Å². The van der Waals surface area contributed by atoms with Crippen LogP contribution in [-0.4, -0.2) is 24.7 Å². The normalized spacial score (nSPS) is 10.8. The second-order valence-corrected chi connectivity index (χ2v) is 5.74. The van der Waals surface area contributed by atoms with Crippen molar-refractivity contribution in [3.05, 3.63) is 66.4 Å². The summed E-state index contributed by atoms with van der Waals surface area (Å²) < 4.78 is 11.4. The highest BCUT2D eigenvalue weighted by Crippen LogP contribution is 2.28. The Labute approximate surface area is 148 Å². The number of ether oxygens (including phenoxy) is 2. The molecular weight excluding hydrogens is 312 g/mol. The van der Waals surface area contributed by atoms with E-state index in [-0.39, 0.29) is 0 Å². The molecule has 0 radical (unpaired) electrons. The number of aromatic nitrogens is 1. The van der Waals surface area contributed by atoms with Gasteiger partial charge >= 0.3 is 0 Å². The summed E-state index contributed by atoms with van der Waals surface area (Å²) in [5, 5.41) is 5.98. The summed E-state index contributed by atoms with van der Waals surface area (Å²) in [5.74, 6) is 1.63. The van der Waals surface area contributed by atoms with Crippen LogP contribution in [0.25, 0.3) is 10.8 Å². The highest BCUT2D eigenvalue weighted by molar-refractivity contribution is 5.87. The Morgan fingerprint density at radius 3 is 2.68 bits per heavy atom. The summed E-state index contributed by atoms with van der Waals surface area (Å²) in [6.07, 6.45) is 2.66. The van der Waals surface area contributed by atoms with Crippen molar-refractivity contribution in [1.82, 2.24) is 10.3 Å². The maximum Gasteiger partial charge on any atom is 0.213 e. The van der Waals surface area contributed by atoms with E-state index < -0.39 is 0 Å². The molecule has 0 atom stereocenters. The van der Waals surface area contributed by atoms with Crippen LogP contribution in [0.1, 0.15) is 18.9 Å². The predicted molar refractivity (Wildman–Crippen MR) is 101 cm³/mol. The topological polar surface area (TPSA) is 43.4 Å². The first kappa shape index (κ1) is 17.2. The molecule has 4 heteroatoms. The fraction of sp³-hybridized carbons (Fsp3) is 0.286. The Balaban J connectivity index is 1.54. The molecule has 4 nitrogen and oxygen atoms in total. The summed E-state index contributed by atoms with van der Waals surface area (Å²) in [7, 11) is 0. The largest absolute Gasteiger partial charge is 0.494 e. The van der Waals surface area contributed by atoms with Crippen LogP contribution in [0.4, 0.5) is 0 Å². The van der Waals surface area contributed by atoms with Crippen LogP contribution in [0.15, 0.2) is 60.8 Å². The minimum atomic E-state index is 0.651. The van der Waals surface area contributed by atoms with Gasteiger partial charge in [-0.05, 0) is 42.8 Å². The first-order valence-electron chi connectivity index (χ1n) is 8.76. The van der Waals surface area contributed by atoms with Crippen molar-refractivity contribution in [3.8, 4) is 11.6 Å². The van der Waals surface area contributed by atoms with Crippen molar-refractivity contribution < 1.29 is 9.47 Å². The zero-order valence-corrected chi connectivity index (χ0v) is 14.6. The number of rotatable bonds is 9. The van der Waals surface area contributed by atoms with Crippen molar-refractivity contribution in [2.45, 2.75) is 19.9 Å². The first-order chi connectivity index (χ1) is 12.4. The Morgan fingerprint density at radius 1 is 0.960 bits per heavy atom. The van der Waals surface area contributed by atoms with E-state index in [0.717, 1.165) is 25.3 Å². The van der Waals surface area contributed by atoms with Crippen molar-refractivity contribution >= 4 is 10.8 Å². The predicted octanol–water partition coefficient (Wildman–Crippen LogP) is 4.19. The zero-order valence-electron chi connectivity index (χ0n) is 14.6.